The number of rotatable bonds is 4. The molecule has 0 aromatic heterocycles. The van der Waals surface area contributed by atoms with E-state index in [0.717, 1.165) is 37.7 Å². The molecule has 1 aromatic carbocycles. The molecule has 6 heteroatoms. The summed E-state index contributed by atoms with van der Waals surface area (Å²) in [6.07, 6.45) is 5.14. The fourth-order valence-electron chi connectivity index (χ4n) is 3.42. The van der Waals surface area contributed by atoms with Gasteiger partial charge in [-0.15, -0.1) is 12.4 Å². The van der Waals surface area contributed by atoms with E-state index in [4.69, 9.17) is 28.9 Å². The SMILES string of the molecule is Cl.NCC1(NC(=O)C2CC2c2ccc(Cl)cc2Cl)CCCC1. The van der Waals surface area contributed by atoms with Gasteiger partial charge >= 0.3 is 0 Å². The van der Waals surface area contributed by atoms with Gasteiger partial charge in [0.05, 0.1) is 5.54 Å². The molecular formula is C16H21Cl3N2O. The molecule has 1 aromatic rings. The minimum Gasteiger partial charge on any atom is -0.349 e. The van der Waals surface area contributed by atoms with E-state index >= 15 is 0 Å². The zero-order valence-electron chi connectivity index (χ0n) is 12.3. The van der Waals surface area contributed by atoms with Gasteiger partial charge in [-0.25, -0.2) is 0 Å². The van der Waals surface area contributed by atoms with Gasteiger partial charge in [0.1, 0.15) is 0 Å². The summed E-state index contributed by atoms with van der Waals surface area (Å²) in [5, 5.41) is 4.48. The van der Waals surface area contributed by atoms with Crippen molar-refractivity contribution < 1.29 is 4.79 Å². The third-order valence-corrected chi connectivity index (χ3v) is 5.39. The molecule has 0 radical (unpaired) electrons. The van der Waals surface area contributed by atoms with Crippen LogP contribution in [0, 0.1) is 5.92 Å². The molecule has 0 heterocycles. The number of halogens is 3. The molecular weight excluding hydrogens is 343 g/mol. The molecule has 22 heavy (non-hydrogen) atoms. The topological polar surface area (TPSA) is 55.1 Å². The Labute approximate surface area is 147 Å². The van der Waals surface area contributed by atoms with Gasteiger partial charge in [0.25, 0.3) is 0 Å². The molecule has 3 N–H and O–H groups in total. The van der Waals surface area contributed by atoms with Gasteiger partial charge in [-0.3, -0.25) is 4.79 Å². The summed E-state index contributed by atoms with van der Waals surface area (Å²) in [7, 11) is 0. The Bertz CT molecular complexity index is 558. The molecule has 122 valence electrons. The molecule has 1 amide bonds. The molecule has 0 spiro atoms. The average molecular weight is 364 g/mol. The predicted molar refractivity (Wildman–Crippen MR) is 93.0 cm³/mol. The zero-order chi connectivity index (χ0) is 15.0. The van der Waals surface area contributed by atoms with Crippen molar-refractivity contribution in [3.63, 3.8) is 0 Å². The minimum absolute atomic E-state index is 0. The summed E-state index contributed by atoms with van der Waals surface area (Å²) >= 11 is 12.1. The summed E-state index contributed by atoms with van der Waals surface area (Å²) in [5.74, 6) is 0.358. The van der Waals surface area contributed by atoms with Crippen LogP contribution in [0.4, 0.5) is 0 Å². The van der Waals surface area contributed by atoms with Crippen LogP contribution in [0.5, 0.6) is 0 Å². The van der Waals surface area contributed by atoms with Crippen molar-refractivity contribution in [2.24, 2.45) is 11.7 Å². The van der Waals surface area contributed by atoms with Crippen LogP contribution >= 0.6 is 35.6 Å². The lowest BCUT2D eigenvalue weighted by Gasteiger charge is -2.28. The molecule has 0 saturated heterocycles. The van der Waals surface area contributed by atoms with E-state index in [1.165, 1.54) is 0 Å². The molecule has 2 saturated carbocycles. The van der Waals surface area contributed by atoms with Gasteiger partial charge in [-0.1, -0.05) is 42.1 Å². The van der Waals surface area contributed by atoms with Gasteiger partial charge in [0, 0.05) is 22.5 Å². The van der Waals surface area contributed by atoms with Crippen LogP contribution < -0.4 is 11.1 Å². The first-order valence-electron chi connectivity index (χ1n) is 7.52. The number of hydrogen-bond donors (Lipinski definition) is 2. The van der Waals surface area contributed by atoms with Gasteiger partial charge in [-0.05, 0) is 42.9 Å². The molecule has 3 nitrogen and oxygen atoms in total. The van der Waals surface area contributed by atoms with Crippen LogP contribution in [0.25, 0.3) is 0 Å². The Balaban J connectivity index is 0.00000176. The molecule has 3 rings (SSSR count). The van der Waals surface area contributed by atoms with Crippen LogP contribution in [0.1, 0.15) is 43.6 Å². The summed E-state index contributed by atoms with van der Waals surface area (Å²) in [6.45, 7) is 0.526. The number of hydrogen-bond acceptors (Lipinski definition) is 2. The molecule has 0 aliphatic heterocycles. The van der Waals surface area contributed by atoms with E-state index in [1.807, 2.05) is 12.1 Å². The molecule has 2 unspecified atom stereocenters. The molecule has 2 atom stereocenters. The summed E-state index contributed by atoms with van der Waals surface area (Å²) < 4.78 is 0. The Morgan fingerprint density at radius 2 is 2.00 bits per heavy atom. The maximum atomic E-state index is 12.5. The molecule has 2 aliphatic rings. The first-order chi connectivity index (χ1) is 10.0. The lowest BCUT2D eigenvalue weighted by molar-refractivity contribution is -0.124. The lowest BCUT2D eigenvalue weighted by Crippen LogP contribution is -2.52. The fraction of sp³-hybridized carbons (Fsp3) is 0.562. The van der Waals surface area contributed by atoms with E-state index < -0.39 is 0 Å². The largest absolute Gasteiger partial charge is 0.349 e. The van der Waals surface area contributed by atoms with Crippen LogP contribution in [-0.2, 0) is 4.79 Å². The first-order valence-corrected chi connectivity index (χ1v) is 8.27. The Morgan fingerprint density at radius 3 is 2.59 bits per heavy atom. The van der Waals surface area contributed by atoms with E-state index in [0.29, 0.717) is 16.6 Å². The van der Waals surface area contributed by atoms with Crippen LogP contribution in [0.15, 0.2) is 18.2 Å². The highest BCUT2D eigenvalue weighted by molar-refractivity contribution is 6.35. The standard InChI is InChI=1S/C16H20Cl2N2O.ClH/c17-10-3-4-11(14(18)7-10)12-8-13(12)15(21)20-16(9-19)5-1-2-6-16;/h3-4,7,12-13H,1-2,5-6,8-9,19H2,(H,20,21);1H. The number of nitrogens with two attached hydrogens (primary N) is 1. The highest BCUT2D eigenvalue weighted by atomic mass is 35.5. The summed E-state index contributed by atoms with van der Waals surface area (Å²) in [4.78, 5) is 12.5. The first kappa shape index (κ1) is 17.9. The van der Waals surface area contributed by atoms with Crippen molar-refractivity contribution >= 4 is 41.5 Å². The van der Waals surface area contributed by atoms with Crippen molar-refractivity contribution in [2.75, 3.05) is 6.54 Å². The summed E-state index contributed by atoms with van der Waals surface area (Å²) in [5.41, 5.74) is 6.72. The monoisotopic (exact) mass is 362 g/mol. The van der Waals surface area contributed by atoms with Gasteiger partial charge in [0.2, 0.25) is 5.91 Å². The third-order valence-electron chi connectivity index (χ3n) is 4.83. The Kier molecular flexibility index (Phi) is 5.65. The number of carbonyl (C=O) groups excluding carboxylic acids is 1. The van der Waals surface area contributed by atoms with Gasteiger partial charge < -0.3 is 11.1 Å². The fourth-order valence-corrected chi connectivity index (χ4v) is 3.97. The Hall–Kier alpha value is -0.480. The van der Waals surface area contributed by atoms with Crippen molar-refractivity contribution in [1.29, 1.82) is 0 Å². The second-order valence-corrected chi connectivity index (χ2v) is 7.14. The Morgan fingerprint density at radius 1 is 1.32 bits per heavy atom. The van der Waals surface area contributed by atoms with Crippen molar-refractivity contribution in [3.8, 4) is 0 Å². The average Bonchev–Trinajstić information content (AvgIpc) is 3.11. The third kappa shape index (κ3) is 3.53. The maximum absolute atomic E-state index is 12.5. The number of benzene rings is 1. The predicted octanol–water partition coefficient (Wildman–Crippen LogP) is 3.91. The molecule has 0 bridgehead atoms. The van der Waals surface area contributed by atoms with E-state index in [2.05, 4.69) is 5.32 Å². The smallest absolute Gasteiger partial charge is 0.224 e. The quantitative estimate of drug-likeness (QED) is 0.852. The van der Waals surface area contributed by atoms with Crippen LogP contribution in [0.3, 0.4) is 0 Å². The van der Waals surface area contributed by atoms with Crippen LogP contribution in [0.2, 0.25) is 10.0 Å². The minimum atomic E-state index is -0.173. The van der Waals surface area contributed by atoms with E-state index in [-0.39, 0.29) is 35.7 Å². The van der Waals surface area contributed by atoms with E-state index in [9.17, 15) is 4.79 Å². The van der Waals surface area contributed by atoms with Crippen molar-refractivity contribution in [1.82, 2.24) is 5.32 Å². The van der Waals surface area contributed by atoms with E-state index in [1.54, 1.807) is 6.07 Å². The van der Waals surface area contributed by atoms with Crippen molar-refractivity contribution in [2.45, 2.75) is 43.6 Å². The normalized spacial score (nSPS) is 25.4. The second-order valence-electron chi connectivity index (χ2n) is 6.30. The summed E-state index contributed by atoms with van der Waals surface area (Å²) in [6, 6.07) is 5.50. The number of amides is 1. The number of carbonyl (C=O) groups is 1. The highest BCUT2D eigenvalue weighted by Crippen LogP contribution is 2.50. The van der Waals surface area contributed by atoms with Crippen molar-refractivity contribution in [3.05, 3.63) is 33.8 Å². The zero-order valence-corrected chi connectivity index (χ0v) is 14.6. The highest BCUT2D eigenvalue weighted by Gasteiger charge is 2.47. The van der Waals surface area contributed by atoms with Gasteiger partial charge in [0.15, 0.2) is 0 Å². The van der Waals surface area contributed by atoms with Crippen LogP contribution in [-0.4, -0.2) is 18.0 Å². The van der Waals surface area contributed by atoms with Gasteiger partial charge in [-0.2, -0.15) is 0 Å². The second kappa shape index (κ2) is 6.96. The number of nitrogens with one attached hydrogen (secondary N) is 1. The molecule has 2 aliphatic carbocycles. The molecule has 2 fully saturated rings. The lowest BCUT2D eigenvalue weighted by atomic mass is 9.97. The maximum Gasteiger partial charge on any atom is 0.224 e.